The average Bonchev–Trinajstić information content (AvgIpc) is 2.19. The molecule has 0 bridgehead atoms. The Bertz CT molecular complexity index is 331. The first-order chi connectivity index (χ1) is 7.41. The van der Waals surface area contributed by atoms with Crippen LogP contribution in [0, 0.1) is 6.92 Å². The molecular formula is C10H18NO4P. The highest BCUT2D eigenvalue weighted by Crippen LogP contribution is 2.32. The monoisotopic (exact) mass is 247 g/mol. The van der Waals surface area contributed by atoms with Gasteiger partial charge < -0.3 is 20.6 Å². The Morgan fingerprint density at radius 1 is 1.25 bits per heavy atom. The summed E-state index contributed by atoms with van der Waals surface area (Å²) in [5, 5.41) is 8.06. The Labute approximate surface area is 95.1 Å². The number of aliphatic hydroxyl groups is 1. The highest BCUT2D eigenvalue weighted by Gasteiger charge is 2.15. The van der Waals surface area contributed by atoms with E-state index in [2.05, 4.69) is 0 Å². The zero-order valence-corrected chi connectivity index (χ0v) is 10.1. The van der Waals surface area contributed by atoms with Crippen molar-refractivity contribution in [3.8, 4) is 0 Å². The molecule has 0 spiro atoms. The van der Waals surface area contributed by atoms with Crippen molar-refractivity contribution in [1.82, 2.24) is 0 Å². The zero-order chi connectivity index (χ0) is 12.6. The lowest BCUT2D eigenvalue weighted by Gasteiger charge is -2.02. The van der Waals surface area contributed by atoms with Crippen LogP contribution in [-0.2, 0) is 4.57 Å². The van der Waals surface area contributed by atoms with Crippen molar-refractivity contribution in [2.45, 2.75) is 13.3 Å². The predicted octanol–water partition coefficient (Wildman–Crippen LogP) is 0.126. The molecule has 0 aromatic heterocycles. The lowest BCUT2D eigenvalue weighted by molar-refractivity contribution is 0.291. The zero-order valence-electron chi connectivity index (χ0n) is 9.21. The van der Waals surface area contributed by atoms with Crippen molar-refractivity contribution in [3.63, 3.8) is 0 Å². The van der Waals surface area contributed by atoms with Crippen molar-refractivity contribution in [2.24, 2.45) is 5.73 Å². The number of benzene rings is 1. The van der Waals surface area contributed by atoms with Gasteiger partial charge in [-0.3, -0.25) is 4.57 Å². The molecular weight excluding hydrogens is 229 g/mol. The second kappa shape index (κ2) is 7.54. The fraction of sp³-hybridized carbons (Fsp3) is 0.400. The first kappa shape index (κ1) is 15.3. The van der Waals surface area contributed by atoms with E-state index >= 15 is 0 Å². The molecule has 0 saturated carbocycles. The topological polar surface area (TPSA) is 104 Å². The molecule has 0 amide bonds. The molecule has 0 atom stereocenters. The molecule has 16 heavy (non-hydrogen) atoms. The molecule has 0 saturated heterocycles. The van der Waals surface area contributed by atoms with Crippen molar-refractivity contribution in [3.05, 3.63) is 29.8 Å². The van der Waals surface area contributed by atoms with E-state index in [1.807, 2.05) is 6.92 Å². The van der Waals surface area contributed by atoms with Crippen LogP contribution >= 0.6 is 7.60 Å². The summed E-state index contributed by atoms with van der Waals surface area (Å²) in [4.78, 5) is 17.4. The predicted molar refractivity (Wildman–Crippen MR) is 63.6 cm³/mol. The number of rotatable bonds is 3. The van der Waals surface area contributed by atoms with Gasteiger partial charge in [0.15, 0.2) is 0 Å². The average molecular weight is 247 g/mol. The minimum Gasteiger partial charge on any atom is -0.396 e. The molecule has 0 fully saturated rings. The fourth-order valence-corrected chi connectivity index (χ4v) is 1.37. The van der Waals surface area contributed by atoms with Crippen LogP contribution in [-0.4, -0.2) is 28.0 Å². The maximum Gasteiger partial charge on any atom is 0.356 e. The summed E-state index contributed by atoms with van der Waals surface area (Å²) >= 11 is 0. The molecule has 1 aromatic carbocycles. The number of hydrogen-bond donors (Lipinski definition) is 4. The SMILES string of the molecule is Cc1ccc(P(=O)(O)O)cc1.NCCCO. The third-order valence-corrected chi connectivity index (χ3v) is 2.70. The first-order valence-electron chi connectivity index (χ1n) is 4.85. The van der Waals surface area contributed by atoms with E-state index in [-0.39, 0.29) is 11.9 Å². The van der Waals surface area contributed by atoms with E-state index in [0.717, 1.165) is 12.0 Å². The second-order valence-electron chi connectivity index (χ2n) is 3.25. The number of aliphatic hydroxyl groups excluding tert-OH is 1. The lowest BCUT2D eigenvalue weighted by atomic mass is 10.2. The second-order valence-corrected chi connectivity index (χ2v) is 4.85. The summed E-state index contributed by atoms with van der Waals surface area (Å²) in [6.07, 6.45) is 0.722. The molecule has 0 radical (unpaired) electrons. The van der Waals surface area contributed by atoms with Crippen molar-refractivity contribution in [1.29, 1.82) is 0 Å². The van der Waals surface area contributed by atoms with Crippen LogP contribution in [0.1, 0.15) is 12.0 Å². The molecule has 1 rings (SSSR count). The summed E-state index contributed by atoms with van der Waals surface area (Å²) in [6.45, 7) is 2.68. The Morgan fingerprint density at radius 2 is 1.75 bits per heavy atom. The number of aryl methyl sites for hydroxylation is 1. The van der Waals surface area contributed by atoms with Crippen LogP contribution in [0.25, 0.3) is 0 Å². The lowest BCUT2D eigenvalue weighted by Crippen LogP contribution is -2.02. The summed E-state index contributed by atoms with van der Waals surface area (Å²) in [6, 6.07) is 6.23. The maximum absolute atomic E-state index is 10.6. The summed E-state index contributed by atoms with van der Waals surface area (Å²) < 4.78 is 10.6. The van der Waals surface area contributed by atoms with Gasteiger partial charge in [0.2, 0.25) is 0 Å². The Balaban J connectivity index is 0.000000385. The van der Waals surface area contributed by atoms with Gasteiger partial charge >= 0.3 is 7.60 Å². The molecule has 5 nitrogen and oxygen atoms in total. The number of nitrogens with two attached hydrogens (primary N) is 1. The maximum atomic E-state index is 10.6. The van der Waals surface area contributed by atoms with Gasteiger partial charge in [-0.05, 0) is 32.0 Å². The van der Waals surface area contributed by atoms with Crippen LogP contribution in [0.15, 0.2) is 24.3 Å². The molecule has 0 heterocycles. The van der Waals surface area contributed by atoms with Gasteiger partial charge in [0.05, 0.1) is 5.30 Å². The summed E-state index contributed by atoms with van der Waals surface area (Å²) in [5.74, 6) is 0. The molecule has 6 heteroatoms. The van der Waals surface area contributed by atoms with Crippen LogP contribution in [0.2, 0.25) is 0 Å². The molecule has 92 valence electrons. The minimum atomic E-state index is -4.04. The molecule has 0 aliphatic rings. The molecule has 1 aromatic rings. The van der Waals surface area contributed by atoms with Crippen LogP contribution < -0.4 is 11.0 Å². The van der Waals surface area contributed by atoms with Crippen molar-refractivity contribution in [2.75, 3.05) is 13.2 Å². The normalized spacial score (nSPS) is 10.6. The van der Waals surface area contributed by atoms with E-state index in [1.54, 1.807) is 12.1 Å². The summed E-state index contributed by atoms with van der Waals surface area (Å²) in [5.41, 5.74) is 5.97. The standard InChI is InChI=1S/C7H9O3P.C3H9NO/c1-6-2-4-7(5-3-6)11(8,9)10;4-2-1-3-5/h2-5H,1H3,(H2,8,9,10);5H,1-4H2. The Hall–Kier alpha value is -0.710. The van der Waals surface area contributed by atoms with E-state index in [1.165, 1.54) is 12.1 Å². The Kier molecular flexibility index (Phi) is 7.21. The van der Waals surface area contributed by atoms with Gasteiger partial charge in [-0.2, -0.15) is 0 Å². The van der Waals surface area contributed by atoms with E-state index in [9.17, 15) is 4.57 Å². The smallest absolute Gasteiger partial charge is 0.356 e. The number of hydrogen-bond acceptors (Lipinski definition) is 3. The van der Waals surface area contributed by atoms with Crippen LogP contribution in [0.5, 0.6) is 0 Å². The van der Waals surface area contributed by atoms with Crippen LogP contribution in [0.3, 0.4) is 0 Å². The highest BCUT2D eigenvalue weighted by atomic mass is 31.2. The van der Waals surface area contributed by atoms with E-state index in [4.69, 9.17) is 20.6 Å². The molecule has 0 unspecified atom stereocenters. The highest BCUT2D eigenvalue weighted by molar-refractivity contribution is 7.60. The third-order valence-electron chi connectivity index (χ3n) is 1.73. The molecule has 0 aliphatic heterocycles. The van der Waals surface area contributed by atoms with Crippen molar-refractivity contribution >= 4 is 12.9 Å². The van der Waals surface area contributed by atoms with Crippen molar-refractivity contribution < 1.29 is 19.5 Å². The quantitative estimate of drug-likeness (QED) is 0.568. The first-order valence-corrected chi connectivity index (χ1v) is 6.46. The van der Waals surface area contributed by atoms with Gasteiger partial charge in [-0.25, -0.2) is 0 Å². The summed E-state index contributed by atoms with van der Waals surface area (Å²) in [7, 11) is -4.04. The van der Waals surface area contributed by atoms with Gasteiger partial charge in [-0.15, -0.1) is 0 Å². The molecule has 5 N–H and O–H groups in total. The van der Waals surface area contributed by atoms with Crippen LogP contribution in [0.4, 0.5) is 0 Å². The van der Waals surface area contributed by atoms with E-state index in [0.29, 0.717) is 6.54 Å². The van der Waals surface area contributed by atoms with E-state index < -0.39 is 7.60 Å². The largest absolute Gasteiger partial charge is 0.396 e. The van der Waals surface area contributed by atoms with Gasteiger partial charge in [0, 0.05) is 6.61 Å². The Morgan fingerprint density at radius 3 is 2.00 bits per heavy atom. The van der Waals surface area contributed by atoms with Gasteiger partial charge in [0.1, 0.15) is 0 Å². The fourth-order valence-electron chi connectivity index (χ4n) is 0.830. The molecule has 0 aliphatic carbocycles. The minimum absolute atomic E-state index is 0.0723. The van der Waals surface area contributed by atoms with Gasteiger partial charge in [-0.1, -0.05) is 17.7 Å². The third kappa shape index (κ3) is 6.71. The van der Waals surface area contributed by atoms with Gasteiger partial charge in [0.25, 0.3) is 0 Å².